The van der Waals surface area contributed by atoms with Gasteiger partial charge in [-0.15, -0.1) is 0 Å². The zero-order valence-corrected chi connectivity index (χ0v) is 30.9. The number of aliphatic hydroxyl groups excluding tert-OH is 1. The number of benzene rings is 4. The lowest BCUT2D eigenvalue weighted by molar-refractivity contribution is -0.337. The van der Waals surface area contributed by atoms with Crippen molar-refractivity contribution in [3.05, 3.63) is 144 Å². The number of aliphatic hydroxyl groups is 1. The maximum Gasteiger partial charge on any atom is 0.303 e. The van der Waals surface area contributed by atoms with Gasteiger partial charge in [0.25, 0.3) is 0 Å². The molecule has 0 spiro atoms. The van der Waals surface area contributed by atoms with Crippen molar-refractivity contribution in [2.75, 3.05) is 13.2 Å². The van der Waals surface area contributed by atoms with E-state index in [0.717, 1.165) is 22.3 Å². The second kappa shape index (κ2) is 20.4. The van der Waals surface area contributed by atoms with Crippen LogP contribution in [0.4, 0.5) is 0 Å². The Balaban J connectivity index is 1.32. The molecule has 2 aliphatic heterocycles. The first kappa shape index (κ1) is 40.2. The molecule has 4 aromatic carbocycles. The summed E-state index contributed by atoms with van der Waals surface area (Å²) in [6.07, 6.45) is -9.78. The maximum atomic E-state index is 12.7. The van der Waals surface area contributed by atoms with E-state index in [1.165, 1.54) is 13.8 Å². The van der Waals surface area contributed by atoms with Crippen LogP contribution < -0.4 is 0 Å². The summed E-state index contributed by atoms with van der Waals surface area (Å²) in [6.45, 7) is 3.35. The molecule has 292 valence electrons. The van der Waals surface area contributed by atoms with E-state index in [-0.39, 0.29) is 39.6 Å². The van der Waals surface area contributed by atoms with Gasteiger partial charge in [0, 0.05) is 13.8 Å². The zero-order chi connectivity index (χ0) is 38.4. The molecule has 2 fully saturated rings. The van der Waals surface area contributed by atoms with Crippen molar-refractivity contribution in [3.63, 3.8) is 0 Å². The van der Waals surface area contributed by atoms with E-state index in [1.807, 2.05) is 121 Å². The Morgan fingerprint density at radius 2 is 0.909 bits per heavy atom. The molecule has 6 rings (SSSR count). The first-order chi connectivity index (χ1) is 26.8. The molecule has 0 radical (unpaired) electrons. The van der Waals surface area contributed by atoms with E-state index < -0.39 is 67.2 Å². The Morgan fingerprint density at radius 1 is 0.509 bits per heavy atom. The zero-order valence-electron chi connectivity index (χ0n) is 30.9. The van der Waals surface area contributed by atoms with Crippen LogP contribution in [0.25, 0.3) is 0 Å². The molecule has 0 amide bonds. The van der Waals surface area contributed by atoms with Crippen molar-refractivity contribution < 1.29 is 57.3 Å². The van der Waals surface area contributed by atoms with Crippen LogP contribution in [0, 0.1) is 0 Å². The van der Waals surface area contributed by atoms with Gasteiger partial charge in [-0.2, -0.15) is 0 Å². The summed E-state index contributed by atoms with van der Waals surface area (Å²) in [7, 11) is 0. The van der Waals surface area contributed by atoms with Crippen LogP contribution in [0.5, 0.6) is 0 Å². The van der Waals surface area contributed by atoms with Crippen molar-refractivity contribution >= 4 is 11.9 Å². The first-order valence-corrected chi connectivity index (χ1v) is 18.4. The highest BCUT2D eigenvalue weighted by atomic mass is 16.8. The van der Waals surface area contributed by atoms with Gasteiger partial charge >= 0.3 is 11.9 Å². The predicted octanol–water partition coefficient (Wildman–Crippen LogP) is 5.28. The van der Waals surface area contributed by atoms with E-state index in [1.54, 1.807) is 0 Å². The topological polar surface area (TPSA) is 137 Å². The molecule has 0 aromatic heterocycles. The van der Waals surface area contributed by atoms with Gasteiger partial charge in [0.1, 0.15) is 30.5 Å². The van der Waals surface area contributed by atoms with Crippen LogP contribution in [0.15, 0.2) is 121 Å². The van der Waals surface area contributed by atoms with Gasteiger partial charge in [0.05, 0.1) is 39.6 Å². The van der Waals surface area contributed by atoms with Gasteiger partial charge in [-0.25, -0.2) is 0 Å². The molecular weight excluding hydrogens is 708 g/mol. The normalized spacial score (nSPS) is 26.3. The fourth-order valence-electron chi connectivity index (χ4n) is 6.57. The van der Waals surface area contributed by atoms with Gasteiger partial charge in [-0.3, -0.25) is 9.59 Å². The van der Waals surface area contributed by atoms with Crippen LogP contribution in [-0.4, -0.2) is 85.6 Å². The van der Waals surface area contributed by atoms with E-state index in [4.69, 9.17) is 42.6 Å². The van der Waals surface area contributed by atoms with Crippen LogP contribution in [-0.2, 0) is 78.6 Å². The summed E-state index contributed by atoms with van der Waals surface area (Å²) in [5.74, 6) is -1.19. The molecule has 0 bridgehead atoms. The second-order valence-corrected chi connectivity index (χ2v) is 13.4. The average molecular weight is 757 g/mol. The molecule has 4 aromatic rings. The molecule has 2 aliphatic rings. The fraction of sp³-hybridized carbons (Fsp3) is 0.395. The largest absolute Gasteiger partial charge is 0.457 e. The molecule has 9 atom stereocenters. The maximum absolute atomic E-state index is 12.7. The Hall–Kier alpha value is -4.50. The third-order valence-electron chi connectivity index (χ3n) is 9.13. The van der Waals surface area contributed by atoms with E-state index in [0.29, 0.717) is 0 Å². The van der Waals surface area contributed by atoms with E-state index in [9.17, 15) is 14.7 Å². The van der Waals surface area contributed by atoms with Crippen molar-refractivity contribution in [3.8, 4) is 0 Å². The van der Waals surface area contributed by atoms with Gasteiger partial charge in [-0.1, -0.05) is 121 Å². The molecule has 1 N–H and O–H groups in total. The van der Waals surface area contributed by atoms with Crippen LogP contribution in [0.3, 0.4) is 0 Å². The van der Waals surface area contributed by atoms with Crippen molar-refractivity contribution in [2.45, 2.75) is 95.6 Å². The number of ether oxygens (including phenoxy) is 9. The van der Waals surface area contributed by atoms with E-state index in [2.05, 4.69) is 0 Å². The number of carbonyl (C=O) groups is 2. The molecule has 12 heteroatoms. The summed E-state index contributed by atoms with van der Waals surface area (Å²) >= 11 is 0. The quantitative estimate of drug-likeness (QED) is 0.132. The van der Waals surface area contributed by atoms with Gasteiger partial charge < -0.3 is 47.7 Å². The summed E-state index contributed by atoms with van der Waals surface area (Å²) in [5, 5.41) is 11.0. The van der Waals surface area contributed by atoms with Gasteiger partial charge in [0.15, 0.2) is 24.8 Å². The molecule has 0 saturated carbocycles. The standard InChI is InChI=1S/C43H48O12/c1-29(44)51-37-36(28-48-24-32-17-9-4-10-18-32)54-43(41(50-26-34-21-13-6-14-22-34)39(37)49-25-33-19-11-5-12-20-33)55-38-35(53-42(46)40(38)52-30(2)45)27-47-23-31-15-7-3-8-16-31/h3-22,35-43,46H,23-28H2,1-2H3/t35-,36-,37-,38-,39+,40-,41-,42+,43-/m1/s1. The van der Waals surface area contributed by atoms with Crippen molar-refractivity contribution in [1.29, 1.82) is 0 Å². The third-order valence-corrected chi connectivity index (χ3v) is 9.13. The van der Waals surface area contributed by atoms with Crippen LogP contribution in [0.2, 0.25) is 0 Å². The second-order valence-electron chi connectivity index (χ2n) is 13.4. The first-order valence-electron chi connectivity index (χ1n) is 18.4. The predicted molar refractivity (Wildman–Crippen MR) is 198 cm³/mol. The summed E-state index contributed by atoms with van der Waals surface area (Å²) < 4.78 is 56.1. The van der Waals surface area contributed by atoms with Crippen molar-refractivity contribution in [1.82, 2.24) is 0 Å². The minimum Gasteiger partial charge on any atom is -0.457 e. The van der Waals surface area contributed by atoms with Gasteiger partial charge in [-0.05, 0) is 22.3 Å². The molecule has 0 aliphatic carbocycles. The highest BCUT2D eigenvalue weighted by molar-refractivity contribution is 5.66. The number of hydrogen-bond donors (Lipinski definition) is 1. The summed E-state index contributed by atoms with van der Waals surface area (Å²) in [6, 6.07) is 38.3. The third kappa shape index (κ3) is 11.7. The van der Waals surface area contributed by atoms with Crippen LogP contribution >= 0.6 is 0 Å². The molecule has 2 saturated heterocycles. The molecule has 0 unspecified atom stereocenters. The highest BCUT2D eigenvalue weighted by Crippen LogP contribution is 2.35. The van der Waals surface area contributed by atoms with Crippen molar-refractivity contribution in [2.24, 2.45) is 0 Å². The Morgan fingerprint density at radius 3 is 1.36 bits per heavy atom. The Kier molecular flexibility index (Phi) is 14.9. The lowest BCUT2D eigenvalue weighted by Crippen LogP contribution is -2.63. The lowest BCUT2D eigenvalue weighted by atomic mass is 9.97. The minimum atomic E-state index is -1.52. The minimum absolute atomic E-state index is 0.00965. The summed E-state index contributed by atoms with van der Waals surface area (Å²) in [4.78, 5) is 25.0. The Labute approximate surface area is 321 Å². The molecular formula is C43H48O12. The van der Waals surface area contributed by atoms with Gasteiger partial charge in [0.2, 0.25) is 0 Å². The fourth-order valence-corrected chi connectivity index (χ4v) is 6.57. The highest BCUT2D eigenvalue weighted by Gasteiger charge is 2.54. The summed E-state index contributed by atoms with van der Waals surface area (Å²) in [5.41, 5.74) is 3.62. The molecule has 55 heavy (non-hydrogen) atoms. The lowest BCUT2D eigenvalue weighted by Gasteiger charge is -2.46. The van der Waals surface area contributed by atoms with E-state index >= 15 is 0 Å². The van der Waals surface area contributed by atoms with Crippen LogP contribution in [0.1, 0.15) is 36.1 Å². The molecule has 2 heterocycles. The number of rotatable bonds is 18. The number of hydrogen-bond acceptors (Lipinski definition) is 12. The SMILES string of the molecule is CC(=O)O[C@@H]1[C@H](O[C@H]2O[C@H](COCc3ccccc3)[C@@H](OC(C)=O)[C@H](OCc3ccccc3)[C@H]2OCc2ccccc2)[C@@H](COCc2ccccc2)O[C@@H]1O. The smallest absolute Gasteiger partial charge is 0.303 e. The monoisotopic (exact) mass is 756 g/mol. The molecule has 12 nitrogen and oxygen atoms in total. The Bertz CT molecular complexity index is 1730. The number of carbonyl (C=O) groups excluding carboxylic acids is 2. The average Bonchev–Trinajstić information content (AvgIpc) is 3.47. The number of esters is 2.